The van der Waals surface area contributed by atoms with Crippen LogP contribution in [0.15, 0.2) is 17.5 Å². The van der Waals surface area contributed by atoms with Gasteiger partial charge in [-0.15, -0.1) is 11.3 Å². The molecule has 2 aromatic rings. The lowest BCUT2D eigenvalue weighted by atomic mass is 10.1. The second-order valence-corrected chi connectivity index (χ2v) is 8.74. The summed E-state index contributed by atoms with van der Waals surface area (Å²) in [6.45, 7) is 4.27. The zero-order valence-electron chi connectivity index (χ0n) is 16.1. The Balaban J connectivity index is 1.40. The second-order valence-electron chi connectivity index (χ2n) is 7.39. The predicted octanol–water partition coefficient (Wildman–Crippen LogP) is 3.85. The Bertz CT molecular complexity index is 872. The van der Waals surface area contributed by atoms with Gasteiger partial charge in [-0.2, -0.15) is 0 Å². The van der Waals surface area contributed by atoms with Crippen molar-refractivity contribution < 1.29 is 14.3 Å². The Hall–Kier alpha value is -1.83. The zero-order valence-corrected chi connectivity index (χ0v) is 17.7. The van der Waals surface area contributed by atoms with Crippen LogP contribution < -0.4 is 9.47 Å². The number of aromatic nitrogens is 1. The molecule has 1 saturated heterocycles. The zero-order chi connectivity index (χ0) is 19.7. The van der Waals surface area contributed by atoms with Crippen LogP contribution in [0.1, 0.15) is 35.5 Å². The smallest absolute Gasteiger partial charge is 0.231 e. The third-order valence-electron chi connectivity index (χ3n) is 5.35. The van der Waals surface area contributed by atoms with E-state index in [4.69, 9.17) is 21.1 Å². The summed E-state index contributed by atoms with van der Waals surface area (Å²) >= 11 is 8.09. The van der Waals surface area contributed by atoms with Crippen molar-refractivity contribution in [2.75, 3.05) is 20.4 Å². The third-order valence-corrected chi connectivity index (χ3v) is 6.66. The van der Waals surface area contributed by atoms with E-state index in [1.807, 2.05) is 17.9 Å². The van der Waals surface area contributed by atoms with Gasteiger partial charge in [0, 0.05) is 47.7 Å². The molecule has 2 aliphatic heterocycles. The van der Waals surface area contributed by atoms with Crippen molar-refractivity contribution in [3.63, 3.8) is 0 Å². The van der Waals surface area contributed by atoms with E-state index in [0.717, 1.165) is 42.2 Å². The van der Waals surface area contributed by atoms with Gasteiger partial charge in [-0.25, -0.2) is 4.98 Å². The minimum absolute atomic E-state index is 0.176. The molecule has 6 nitrogen and oxygen atoms in total. The van der Waals surface area contributed by atoms with Crippen LogP contribution in [0.2, 0.25) is 5.02 Å². The summed E-state index contributed by atoms with van der Waals surface area (Å²) in [5, 5.41) is 3.81. The highest BCUT2D eigenvalue weighted by Gasteiger charge is 2.26. The Morgan fingerprint density at radius 2 is 2.11 bits per heavy atom. The fraction of sp³-hybridized carbons (Fsp3) is 0.500. The van der Waals surface area contributed by atoms with Gasteiger partial charge < -0.3 is 14.4 Å². The Morgan fingerprint density at radius 3 is 2.86 bits per heavy atom. The maximum Gasteiger partial charge on any atom is 0.231 e. The number of carbonyl (C=O) groups is 1. The van der Waals surface area contributed by atoms with Gasteiger partial charge in [-0.3, -0.25) is 9.69 Å². The van der Waals surface area contributed by atoms with Crippen LogP contribution in [0, 0.1) is 6.92 Å². The minimum Gasteiger partial charge on any atom is -0.454 e. The standard InChI is InChI=1S/C20H24ClN3O3S/c1-13-11-28-19(22-13)10-23(2)15-3-4-20(25)24(6-5-15)9-14-7-17-18(8-16(14)21)27-12-26-17/h7-8,11,15H,3-6,9-10,12H2,1-2H3. The Kier molecular flexibility index (Phi) is 5.75. The maximum absolute atomic E-state index is 12.7. The molecule has 28 heavy (non-hydrogen) atoms. The number of benzene rings is 1. The number of rotatable bonds is 5. The van der Waals surface area contributed by atoms with Crippen LogP contribution in [0.3, 0.4) is 0 Å². The van der Waals surface area contributed by atoms with Crippen LogP contribution in [-0.4, -0.2) is 47.1 Å². The molecule has 0 radical (unpaired) electrons. The van der Waals surface area contributed by atoms with Gasteiger partial charge in [0.05, 0.1) is 6.54 Å². The number of nitrogens with zero attached hydrogens (tertiary/aromatic N) is 3. The van der Waals surface area contributed by atoms with Gasteiger partial charge in [-0.1, -0.05) is 11.6 Å². The lowest BCUT2D eigenvalue weighted by Crippen LogP contribution is -2.33. The molecule has 1 aromatic carbocycles. The summed E-state index contributed by atoms with van der Waals surface area (Å²) in [5.41, 5.74) is 1.96. The molecule has 1 amide bonds. The lowest BCUT2D eigenvalue weighted by molar-refractivity contribution is -0.131. The summed E-state index contributed by atoms with van der Waals surface area (Å²) in [6, 6.07) is 4.02. The number of carbonyl (C=O) groups excluding carboxylic acids is 1. The number of fused-ring (bicyclic) bond motifs is 1. The van der Waals surface area contributed by atoms with E-state index in [9.17, 15) is 4.79 Å². The SMILES string of the molecule is Cc1csc(CN(C)C2CCC(=O)N(Cc3cc4c(cc3Cl)OCO4)CC2)n1. The molecule has 0 N–H and O–H groups in total. The number of hydrogen-bond acceptors (Lipinski definition) is 6. The highest BCUT2D eigenvalue weighted by Crippen LogP contribution is 2.37. The number of ether oxygens (including phenoxy) is 2. The monoisotopic (exact) mass is 421 g/mol. The molecular formula is C20H24ClN3O3S. The van der Waals surface area contributed by atoms with Crippen molar-refractivity contribution in [1.82, 2.24) is 14.8 Å². The van der Waals surface area contributed by atoms with Gasteiger partial charge in [0.15, 0.2) is 11.5 Å². The lowest BCUT2D eigenvalue weighted by Gasteiger charge is -2.26. The first-order valence-electron chi connectivity index (χ1n) is 9.46. The van der Waals surface area contributed by atoms with Crippen LogP contribution in [-0.2, 0) is 17.9 Å². The summed E-state index contributed by atoms with van der Waals surface area (Å²) in [5.74, 6) is 1.53. The fourth-order valence-corrected chi connectivity index (χ4v) is 4.78. The van der Waals surface area contributed by atoms with Crippen molar-refractivity contribution in [1.29, 1.82) is 0 Å². The van der Waals surface area contributed by atoms with Crippen molar-refractivity contribution in [3.8, 4) is 11.5 Å². The van der Waals surface area contributed by atoms with E-state index in [2.05, 4.69) is 22.3 Å². The first kappa shape index (κ1) is 19.5. The number of halogens is 1. The normalized spacial score (nSPS) is 19.4. The topological polar surface area (TPSA) is 54.9 Å². The molecule has 0 bridgehead atoms. The Morgan fingerprint density at radius 1 is 1.32 bits per heavy atom. The number of hydrogen-bond donors (Lipinski definition) is 0. The van der Waals surface area contributed by atoms with Crippen LogP contribution in [0.4, 0.5) is 0 Å². The summed E-state index contributed by atoms with van der Waals surface area (Å²) < 4.78 is 10.8. The van der Waals surface area contributed by atoms with Crippen molar-refractivity contribution in [2.24, 2.45) is 0 Å². The molecule has 4 rings (SSSR count). The molecule has 2 aliphatic rings. The van der Waals surface area contributed by atoms with E-state index in [1.165, 1.54) is 0 Å². The van der Waals surface area contributed by atoms with Crippen LogP contribution >= 0.6 is 22.9 Å². The highest BCUT2D eigenvalue weighted by atomic mass is 35.5. The average molecular weight is 422 g/mol. The third kappa shape index (κ3) is 4.26. The maximum atomic E-state index is 12.7. The molecular weight excluding hydrogens is 398 g/mol. The molecule has 1 atom stereocenters. The van der Waals surface area contributed by atoms with E-state index >= 15 is 0 Å². The van der Waals surface area contributed by atoms with Crippen LogP contribution in [0.25, 0.3) is 0 Å². The average Bonchev–Trinajstić information content (AvgIpc) is 3.23. The van der Waals surface area contributed by atoms with Crippen molar-refractivity contribution in [3.05, 3.63) is 38.8 Å². The highest BCUT2D eigenvalue weighted by molar-refractivity contribution is 7.09. The van der Waals surface area contributed by atoms with Gasteiger partial charge in [0.25, 0.3) is 0 Å². The molecule has 1 aromatic heterocycles. The molecule has 8 heteroatoms. The molecule has 150 valence electrons. The number of thiazole rings is 1. The first-order valence-corrected chi connectivity index (χ1v) is 10.7. The van der Waals surface area contributed by atoms with E-state index in [0.29, 0.717) is 35.5 Å². The quantitative estimate of drug-likeness (QED) is 0.734. The van der Waals surface area contributed by atoms with Gasteiger partial charge in [0.1, 0.15) is 5.01 Å². The largest absolute Gasteiger partial charge is 0.454 e. The summed E-state index contributed by atoms with van der Waals surface area (Å²) in [6.07, 6.45) is 2.36. The number of aryl methyl sites for hydroxylation is 1. The number of amides is 1. The minimum atomic E-state index is 0.176. The van der Waals surface area contributed by atoms with E-state index in [-0.39, 0.29) is 12.7 Å². The predicted molar refractivity (Wildman–Crippen MR) is 109 cm³/mol. The fourth-order valence-electron chi connectivity index (χ4n) is 3.73. The molecule has 1 fully saturated rings. The van der Waals surface area contributed by atoms with Gasteiger partial charge >= 0.3 is 0 Å². The molecule has 3 heterocycles. The molecule has 0 saturated carbocycles. The molecule has 1 unspecified atom stereocenters. The van der Waals surface area contributed by atoms with E-state index < -0.39 is 0 Å². The van der Waals surface area contributed by atoms with E-state index in [1.54, 1.807) is 17.4 Å². The Labute approximate surface area is 174 Å². The van der Waals surface area contributed by atoms with Crippen LogP contribution in [0.5, 0.6) is 11.5 Å². The van der Waals surface area contributed by atoms with Crippen molar-refractivity contribution in [2.45, 2.75) is 45.3 Å². The number of likely N-dealkylation sites (tertiary alicyclic amines) is 1. The first-order chi connectivity index (χ1) is 13.5. The summed E-state index contributed by atoms with van der Waals surface area (Å²) in [7, 11) is 2.12. The van der Waals surface area contributed by atoms with Gasteiger partial charge in [-0.05, 0) is 38.4 Å². The molecule has 0 spiro atoms. The van der Waals surface area contributed by atoms with Crippen molar-refractivity contribution >= 4 is 28.8 Å². The summed E-state index contributed by atoms with van der Waals surface area (Å²) in [4.78, 5) is 21.5. The second kappa shape index (κ2) is 8.27. The van der Waals surface area contributed by atoms with Gasteiger partial charge in [0.2, 0.25) is 12.7 Å². The molecule has 0 aliphatic carbocycles.